The minimum Gasteiger partial charge on any atom is -0.466 e. The Labute approximate surface area is 324 Å². The zero-order chi connectivity index (χ0) is 40.2. The third-order valence-electron chi connectivity index (χ3n) is 10.6. The van der Waals surface area contributed by atoms with Gasteiger partial charge in [-0.2, -0.15) is 0 Å². The van der Waals surface area contributed by atoms with E-state index in [1.807, 2.05) is 0 Å². The summed E-state index contributed by atoms with van der Waals surface area (Å²) < 4.78 is 47.0. The zero-order valence-corrected chi connectivity index (χ0v) is 33.0. The van der Waals surface area contributed by atoms with Crippen molar-refractivity contribution in [3.63, 3.8) is 0 Å². The molecule has 0 aliphatic carbocycles. The molecule has 15 heteroatoms. The van der Waals surface area contributed by atoms with E-state index >= 15 is 0 Å². The number of hydrogen-bond acceptors (Lipinski definition) is 15. The summed E-state index contributed by atoms with van der Waals surface area (Å²) in [5, 5.41) is 33.9. The van der Waals surface area contributed by atoms with E-state index in [2.05, 4.69) is 6.92 Å². The summed E-state index contributed by atoms with van der Waals surface area (Å²) >= 11 is 0. The van der Waals surface area contributed by atoms with Crippen LogP contribution in [-0.2, 0) is 57.1 Å². The number of cyclic esters (lactones) is 1. The van der Waals surface area contributed by atoms with Crippen LogP contribution >= 0.6 is 0 Å². The maximum Gasteiger partial charge on any atom is 0.330 e. The summed E-state index contributed by atoms with van der Waals surface area (Å²) in [6, 6.07) is 0. The van der Waals surface area contributed by atoms with Crippen LogP contribution in [0.2, 0.25) is 0 Å². The van der Waals surface area contributed by atoms with Gasteiger partial charge in [-0.3, -0.25) is 14.4 Å². The van der Waals surface area contributed by atoms with E-state index in [-0.39, 0.29) is 43.5 Å². The fraction of sp³-hybridized carbons (Fsp3) is 0.800. The number of esters is 4. The van der Waals surface area contributed by atoms with Crippen molar-refractivity contribution >= 4 is 23.9 Å². The first-order valence-electron chi connectivity index (χ1n) is 19.8. The zero-order valence-electron chi connectivity index (χ0n) is 33.0. The van der Waals surface area contributed by atoms with Crippen LogP contribution in [0.3, 0.4) is 0 Å². The lowest BCUT2D eigenvalue weighted by atomic mass is 9.74. The van der Waals surface area contributed by atoms with Gasteiger partial charge in [0.1, 0.15) is 12.2 Å². The molecule has 312 valence electrons. The molecule has 4 rings (SSSR count). The summed E-state index contributed by atoms with van der Waals surface area (Å²) in [7, 11) is 1.20. The van der Waals surface area contributed by atoms with E-state index in [1.165, 1.54) is 14.0 Å². The van der Waals surface area contributed by atoms with Crippen LogP contribution in [0, 0.1) is 5.41 Å². The Kier molecular flexibility index (Phi) is 17.1. The minimum absolute atomic E-state index is 0.0391. The van der Waals surface area contributed by atoms with Crippen LogP contribution in [0.15, 0.2) is 23.8 Å². The highest BCUT2D eigenvalue weighted by molar-refractivity contribution is 5.83. The van der Waals surface area contributed by atoms with Crippen molar-refractivity contribution in [2.24, 2.45) is 5.41 Å². The van der Waals surface area contributed by atoms with Crippen molar-refractivity contribution in [1.82, 2.24) is 0 Å². The van der Waals surface area contributed by atoms with Crippen LogP contribution in [0.1, 0.15) is 118 Å². The number of methoxy groups -OCH3 is 1. The molecule has 3 N–H and O–H groups in total. The molecular formula is C40H62O15. The van der Waals surface area contributed by atoms with E-state index < -0.39 is 91.0 Å². The molecule has 6 bridgehead atoms. The number of carbonyl (C=O) groups excluding carboxylic acids is 4. The number of ether oxygens (including phenoxy) is 8. The molecule has 15 nitrogen and oxygen atoms in total. The second-order valence-electron chi connectivity index (χ2n) is 15.7. The van der Waals surface area contributed by atoms with E-state index in [0.29, 0.717) is 38.7 Å². The Morgan fingerprint density at radius 3 is 2.36 bits per heavy atom. The predicted octanol–water partition coefficient (Wildman–Crippen LogP) is 3.87. The Bertz CT molecular complexity index is 1350. The fourth-order valence-corrected chi connectivity index (χ4v) is 7.75. The topological polar surface area (TPSA) is 203 Å². The lowest BCUT2D eigenvalue weighted by Gasteiger charge is -2.51. The number of fused-ring (bicyclic) bond motifs is 6. The first-order chi connectivity index (χ1) is 26.1. The molecule has 0 amide bonds. The fourth-order valence-electron chi connectivity index (χ4n) is 7.75. The summed E-state index contributed by atoms with van der Waals surface area (Å²) in [6.07, 6.45) is 3.13. The molecule has 4 aliphatic rings. The highest BCUT2D eigenvalue weighted by Crippen LogP contribution is 2.47. The van der Waals surface area contributed by atoms with Crippen LogP contribution < -0.4 is 0 Å². The number of rotatable bonds is 10. The molecule has 0 spiro atoms. The van der Waals surface area contributed by atoms with Gasteiger partial charge in [0.25, 0.3) is 0 Å². The van der Waals surface area contributed by atoms with Crippen molar-refractivity contribution in [1.29, 1.82) is 0 Å². The van der Waals surface area contributed by atoms with Gasteiger partial charge in [0.05, 0.1) is 57.3 Å². The molecule has 0 unspecified atom stereocenters. The minimum atomic E-state index is -2.30. The molecule has 0 saturated carbocycles. The molecule has 0 aromatic heterocycles. The van der Waals surface area contributed by atoms with Gasteiger partial charge in [-0.05, 0) is 30.9 Å². The van der Waals surface area contributed by atoms with Gasteiger partial charge < -0.3 is 53.2 Å². The van der Waals surface area contributed by atoms with Gasteiger partial charge in [0, 0.05) is 56.9 Å². The Morgan fingerprint density at radius 2 is 1.67 bits per heavy atom. The van der Waals surface area contributed by atoms with E-state index in [1.54, 1.807) is 26.0 Å². The number of hydrogen-bond donors (Lipinski definition) is 3. The average Bonchev–Trinajstić information content (AvgIpc) is 3.11. The molecule has 0 aromatic rings. The van der Waals surface area contributed by atoms with Crippen molar-refractivity contribution in [3.05, 3.63) is 23.8 Å². The van der Waals surface area contributed by atoms with Gasteiger partial charge in [-0.15, -0.1) is 0 Å². The highest BCUT2D eigenvalue weighted by atomic mass is 16.7. The molecule has 3 saturated heterocycles. The van der Waals surface area contributed by atoms with Gasteiger partial charge >= 0.3 is 23.9 Å². The van der Waals surface area contributed by atoms with Gasteiger partial charge in [-0.1, -0.05) is 52.5 Å². The van der Waals surface area contributed by atoms with Crippen LogP contribution in [0.5, 0.6) is 0 Å². The Morgan fingerprint density at radius 1 is 0.945 bits per heavy atom. The summed E-state index contributed by atoms with van der Waals surface area (Å²) in [6.45, 7) is 6.54. The second kappa shape index (κ2) is 21.0. The number of carbonyl (C=O) groups is 4. The molecule has 0 aromatic carbocycles. The quantitative estimate of drug-likeness (QED) is 0.0947. The predicted molar refractivity (Wildman–Crippen MR) is 195 cm³/mol. The highest BCUT2D eigenvalue weighted by Gasteiger charge is 2.57. The van der Waals surface area contributed by atoms with Gasteiger partial charge in [0.15, 0.2) is 12.4 Å². The van der Waals surface area contributed by atoms with Crippen molar-refractivity contribution in [2.45, 2.75) is 178 Å². The van der Waals surface area contributed by atoms with Gasteiger partial charge in [0.2, 0.25) is 5.79 Å². The molecular weight excluding hydrogens is 720 g/mol. The molecule has 3 fully saturated rings. The van der Waals surface area contributed by atoms with Crippen LogP contribution in [0.25, 0.3) is 0 Å². The first-order valence-corrected chi connectivity index (χ1v) is 19.8. The van der Waals surface area contributed by atoms with E-state index in [9.17, 15) is 34.5 Å². The number of unbranched alkanes of at least 4 members (excludes halogenated alkanes) is 4. The third-order valence-corrected chi connectivity index (χ3v) is 10.6. The third kappa shape index (κ3) is 13.3. The summed E-state index contributed by atoms with van der Waals surface area (Å²) in [5.41, 5.74) is -1.13. The number of aliphatic hydroxyl groups excluding tert-OH is 2. The van der Waals surface area contributed by atoms with Crippen molar-refractivity contribution in [2.75, 3.05) is 20.3 Å². The van der Waals surface area contributed by atoms with E-state index in [0.717, 1.165) is 31.8 Å². The van der Waals surface area contributed by atoms with E-state index in [4.69, 9.17) is 37.9 Å². The SMILES string of the molecule is CCCCCCCC(=O)O[C@H]1/C(=C/C(=O)OC)C[C@H]2C[C@H](CO)OC(=O)C[C@H](O)C[C@@H]3C[C@H](OC(C)=O)C[C@H](C[C@@H]4CCO[C@H](/C=C\C(C)(C)[C@]1(O)O2)O4)O3. The summed E-state index contributed by atoms with van der Waals surface area (Å²) in [5.74, 6) is -4.82. The van der Waals surface area contributed by atoms with Crippen LogP contribution in [0.4, 0.5) is 0 Å². The molecule has 10 atom stereocenters. The standard InChI is InChI=1S/C40H62O15/c1-6-7-8-9-10-11-34(44)54-38-26(17-35(45)48-5)16-32-23-33(24-41)52-36(46)19-27(43)18-29-21-30(50-25(2)42)22-31(51-29)20-28-13-15-49-37(53-28)12-14-39(3,4)40(38,47)55-32/h12,14,17,27-33,37-38,41,43,47H,6-11,13,15-16,18-24H2,1-5H3/b14-12-,26-17+/t27-,28+,29-,30+,31+,32+,33-,37+,38+,40-/m1/s1. The van der Waals surface area contributed by atoms with Crippen LogP contribution in [-0.4, -0.2) is 120 Å². The molecule has 55 heavy (non-hydrogen) atoms. The molecule has 0 radical (unpaired) electrons. The first kappa shape index (κ1) is 44.8. The normalized spacial score (nSPS) is 35.8. The summed E-state index contributed by atoms with van der Waals surface area (Å²) in [4.78, 5) is 51.0. The monoisotopic (exact) mass is 782 g/mol. The smallest absolute Gasteiger partial charge is 0.330 e. The largest absolute Gasteiger partial charge is 0.466 e. The lowest BCUT2D eigenvalue weighted by molar-refractivity contribution is -0.327. The lowest BCUT2D eigenvalue weighted by Crippen LogP contribution is -2.62. The Balaban J connectivity index is 1.69. The second-order valence-corrected chi connectivity index (χ2v) is 15.7. The molecule has 4 heterocycles. The maximum atomic E-state index is 13.3. The van der Waals surface area contributed by atoms with Crippen molar-refractivity contribution in [3.8, 4) is 0 Å². The molecule has 4 aliphatic heterocycles. The maximum absolute atomic E-state index is 13.3. The van der Waals surface area contributed by atoms with Gasteiger partial charge in [-0.25, -0.2) is 4.79 Å². The van der Waals surface area contributed by atoms with Crippen molar-refractivity contribution < 1.29 is 72.4 Å². The number of aliphatic hydroxyl groups is 3. The average molecular weight is 783 g/mol. The Hall–Kier alpha value is -2.92.